The molecule has 2 nitrogen and oxygen atoms in total. The van der Waals surface area contributed by atoms with Crippen molar-refractivity contribution in [2.24, 2.45) is 0 Å². The van der Waals surface area contributed by atoms with Crippen LogP contribution in [0.4, 0.5) is 4.39 Å². The first kappa shape index (κ1) is 10.8. The largest absolute Gasteiger partial charge is 0.477 e. The molecule has 0 saturated carbocycles. The van der Waals surface area contributed by atoms with E-state index in [1.807, 2.05) is 0 Å². The van der Waals surface area contributed by atoms with Crippen LogP contribution < -0.4 is 0 Å². The minimum absolute atomic E-state index is 0.281. The Hall–Kier alpha value is -1.68. The summed E-state index contributed by atoms with van der Waals surface area (Å²) in [5.41, 5.74) is 1.68. The third-order valence-electron chi connectivity index (χ3n) is 2.27. The average molecular weight is 236 g/mol. The van der Waals surface area contributed by atoms with Gasteiger partial charge in [0.1, 0.15) is 10.7 Å². The third kappa shape index (κ3) is 1.97. The van der Waals surface area contributed by atoms with Gasteiger partial charge < -0.3 is 5.11 Å². The molecule has 0 spiro atoms. The molecule has 0 atom stereocenters. The number of halogens is 1. The molecule has 1 aromatic carbocycles. The fourth-order valence-corrected chi connectivity index (χ4v) is 2.44. The Morgan fingerprint density at radius 1 is 1.31 bits per heavy atom. The Morgan fingerprint density at radius 2 is 2.06 bits per heavy atom. The maximum atomic E-state index is 12.9. The number of carbonyl (C=O) groups is 1. The molecule has 16 heavy (non-hydrogen) atoms. The second-order valence-electron chi connectivity index (χ2n) is 3.43. The van der Waals surface area contributed by atoms with Crippen LogP contribution in [-0.2, 0) is 0 Å². The predicted molar refractivity (Wildman–Crippen MR) is 61.4 cm³/mol. The Morgan fingerprint density at radius 3 is 2.62 bits per heavy atom. The van der Waals surface area contributed by atoms with E-state index in [1.54, 1.807) is 25.1 Å². The molecule has 1 N–H and O–H groups in total. The van der Waals surface area contributed by atoms with Gasteiger partial charge in [0.15, 0.2) is 0 Å². The van der Waals surface area contributed by atoms with Crippen LogP contribution in [0.2, 0.25) is 0 Å². The topological polar surface area (TPSA) is 37.3 Å². The molecule has 2 rings (SSSR count). The first-order chi connectivity index (χ1) is 7.58. The van der Waals surface area contributed by atoms with Gasteiger partial charge in [-0.2, -0.15) is 0 Å². The predicted octanol–water partition coefficient (Wildman–Crippen LogP) is 3.56. The summed E-state index contributed by atoms with van der Waals surface area (Å²) >= 11 is 1.19. The molecule has 0 aliphatic carbocycles. The molecule has 0 radical (unpaired) electrons. The molecular formula is C12H9FO2S. The number of benzene rings is 1. The minimum atomic E-state index is -0.934. The van der Waals surface area contributed by atoms with Crippen molar-refractivity contribution in [2.45, 2.75) is 6.92 Å². The van der Waals surface area contributed by atoms with Gasteiger partial charge in [0.2, 0.25) is 0 Å². The van der Waals surface area contributed by atoms with Gasteiger partial charge in [0, 0.05) is 4.88 Å². The second-order valence-corrected chi connectivity index (χ2v) is 4.51. The molecule has 0 saturated heterocycles. The molecular weight excluding hydrogens is 227 g/mol. The van der Waals surface area contributed by atoms with E-state index in [2.05, 4.69) is 0 Å². The van der Waals surface area contributed by atoms with Crippen LogP contribution in [0, 0.1) is 12.7 Å². The van der Waals surface area contributed by atoms with E-state index >= 15 is 0 Å². The lowest BCUT2D eigenvalue weighted by Gasteiger charge is -2.02. The minimum Gasteiger partial charge on any atom is -0.477 e. The molecule has 1 aromatic heterocycles. The maximum absolute atomic E-state index is 12.9. The van der Waals surface area contributed by atoms with Gasteiger partial charge in [0.25, 0.3) is 0 Å². The summed E-state index contributed by atoms with van der Waals surface area (Å²) in [6, 6.07) is 7.79. The SMILES string of the molecule is Cc1cc(F)ccc1-c1ccc(C(=O)O)s1. The summed E-state index contributed by atoms with van der Waals surface area (Å²) in [6.07, 6.45) is 0. The normalized spacial score (nSPS) is 10.4. The second kappa shape index (κ2) is 4.06. The number of hydrogen-bond acceptors (Lipinski definition) is 2. The molecule has 0 unspecified atom stereocenters. The van der Waals surface area contributed by atoms with Gasteiger partial charge in [-0.3, -0.25) is 0 Å². The van der Waals surface area contributed by atoms with Crippen LogP contribution in [0.3, 0.4) is 0 Å². The van der Waals surface area contributed by atoms with E-state index in [9.17, 15) is 9.18 Å². The number of aryl methyl sites for hydroxylation is 1. The molecule has 0 aliphatic rings. The molecule has 2 aromatic rings. The molecule has 1 heterocycles. The van der Waals surface area contributed by atoms with Gasteiger partial charge in [0.05, 0.1) is 0 Å². The summed E-state index contributed by atoms with van der Waals surface area (Å²) in [5, 5.41) is 8.81. The highest BCUT2D eigenvalue weighted by Gasteiger charge is 2.10. The summed E-state index contributed by atoms with van der Waals surface area (Å²) in [6.45, 7) is 1.80. The van der Waals surface area contributed by atoms with Crippen LogP contribution >= 0.6 is 11.3 Å². The lowest BCUT2D eigenvalue weighted by atomic mass is 10.1. The van der Waals surface area contributed by atoms with Gasteiger partial charge in [-0.05, 0) is 42.3 Å². The molecule has 4 heteroatoms. The zero-order valence-corrected chi connectivity index (χ0v) is 9.34. The number of thiophene rings is 1. The Kier molecular flexibility index (Phi) is 2.75. The van der Waals surface area contributed by atoms with E-state index in [4.69, 9.17) is 5.11 Å². The van der Waals surface area contributed by atoms with Crippen molar-refractivity contribution in [2.75, 3.05) is 0 Å². The van der Waals surface area contributed by atoms with Crippen LogP contribution in [0.1, 0.15) is 15.2 Å². The number of rotatable bonds is 2. The Balaban J connectivity index is 2.46. The molecule has 82 valence electrons. The van der Waals surface area contributed by atoms with E-state index in [0.29, 0.717) is 4.88 Å². The number of carboxylic acid groups (broad SMARTS) is 1. The first-order valence-electron chi connectivity index (χ1n) is 4.67. The zero-order valence-electron chi connectivity index (χ0n) is 8.53. The van der Waals surface area contributed by atoms with Crippen LogP contribution in [0.25, 0.3) is 10.4 Å². The highest BCUT2D eigenvalue weighted by Crippen LogP contribution is 2.30. The number of hydrogen-bond donors (Lipinski definition) is 1. The van der Waals surface area contributed by atoms with Crippen molar-refractivity contribution >= 4 is 17.3 Å². The van der Waals surface area contributed by atoms with Gasteiger partial charge >= 0.3 is 5.97 Å². The third-order valence-corrected chi connectivity index (χ3v) is 3.38. The van der Waals surface area contributed by atoms with Crippen LogP contribution in [0.5, 0.6) is 0 Å². The van der Waals surface area contributed by atoms with Crippen molar-refractivity contribution in [1.82, 2.24) is 0 Å². The van der Waals surface area contributed by atoms with Crippen molar-refractivity contribution in [1.29, 1.82) is 0 Å². The van der Waals surface area contributed by atoms with E-state index in [1.165, 1.54) is 23.5 Å². The average Bonchev–Trinajstić information content (AvgIpc) is 2.66. The van der Waals surface area contributed by atoms with Crippen LogP contribution in [-0.4, -0.2) is 11.1 Å². The highest BCUT2D eigenvalue weighted by molar-refractivity contribution is 7.17. The lowest BCUT2D eigenvalue weighted by Crippen LogP contribution is -1.89. The fraction of sp³-hybridized carbons (Fsp3) is 0.0833. The molecule has 0 fully saturated rings. The van der Waals surface area contributed by atoms with E-state index < -0.39 is 5.97 Å². The zero-order chi connectivity index (χ0) is 11.7. The Bertz CT molecular complexity index is 546. The summed E-state index contributed by atoms with van der Waals surface area (Å²) in [5.74, 6) is -1.22. The van der Waals surface area contributed by atoms with Gasteiger partial charge in [-0.15, -0.1) is 11.3 Å². The number of carboxylic acids is 1. The molecule has 0 bridgehead atoms. The lowest BCUT2D eigenvalue weighted by molar-refractivity contribution is 0.0702. The quantitative estimate of drug-likeness (QED) is 0.865. The monoisotopic (exact) mass is 236 g/mol. The van der Waals surface area contributed by atoms with E-state index in [-0.39, 0.29) is 5.82 Å². The molecule has 0 amide bonds. The van der Waals surface area contributed by atoms with Crippen molar-refractivity contribution < 1.29 is 14.3 Å². The Labute approximate surface area is 96.0 Å². The summed E-state index contributed by atoms with van der Waals surface area (Å²) in [7, 11) is 0. The summed E-state index contributed by atoms with van der Waals surface area (Å²) < 4.78 is 12.9. The fourth-order valence-electron chi connectivity index (χ4n) is 1.50. The highest BCUT2D eigenvalue weighted by atomic mass is 32.1. The molecule has 0 aliphatic heterocycles. The van der Waals surface area contributed by atoms with Crippen molar-refractivity contribution in [3.63, 3.8) is 0 Å². The first-order valence-corrected chi connectivity index (χ1v) is 5.49. The van der Waals surface area contributed by atoms with Crippen molar-refractivity contribution in [3.8, 4) is 10.4 Å². The number of aromatic carboxylic acids is 1. The van der Waals surface area contributed by atoms with Gasteiger partial charge in [-0.25, -0.2) is 9.18 Å². The standard InChI is InChI=1S/C12H9FO2S/c1-7-6-8(13)2-3-9(7)10-4-5-11(16-10)12(14)15/h2-6H,1H3,(H,14,15). The van der Waals surface area contributed by atoms with Gasteiger partial charge in [-0.1, -0.05) is 6.07 Å². The summed E-state index contributed by atoms with van der Waals surface area (Å²) in [4.78, 5) is 11.9. The maximum Gasteiger partial charge on any atom is 0.345 e. The van der Waals surface area contributed by atoms with Crippen molar-refractivity contribution in [3.05, 3.63) is 46.6 Å². The van der Waals surface area contributed by atoms with E-state index in [0.717, 1.165) is 16.0 Å². The smallest absolute Gasteiger partial charge is 0.345 e. The van der Waals surface area contributed by atoms with Crippen LogP contribution in [0.15, 0.2) is 30.3 Å².